The van der Waals surface area contributed by atoms with E-state index < -0.39 is 0 Å². The molecule has 3 nitrogen and oxygen atoms in total. The molecule has 1 aromatic rings. The molecule has 3 heteroatoms. The first-order valence-corrected chi connectivity index (χ1v) is 6.30. The summed E-state index contributed by atoms with van der Waals surface area (Å²) in [4.78, 5) is 0. The first kappa shape index (κ1) is 14.0. The van der Waals surface area contributed by atoms with E-state index in [9.17, 15) is 0 Å². The number of aryl methyl sites for hydroxylation is 1. The molecule has 0 aromatic heterocycles. The van der Waals surface area contributed by atoms with E-state index >= 15 is 0 Å². The van der Waals surface area contributed by atoms with Crippen molar-refractivity contribution in [2.45, 2.75) is 33.5 Å². The Balaban J connectivity index is 2.27. The van der Waals surface area contributed by atoms with Crippen LogP contribution in [0.3, 0.4) is 0 Å². The number of nitrogens with one attached hydrogen (secondary N) is 1. The van der Waals surface area contributed by atoms with Crippen LogP contribution in [0.25, 0.3) is 0 Å². The van der Waals surface area contributed by atoms with Crippen molar-refractivity contribution in [2.75, 3.05) is 25.1 Å². The fraction of sp³-hybridized carbons (Fsp3) is 0.571. The van der Waals surface area contributed by atoms with Gasteiger partial charge < -0.3 is 14.8 Å². The summed E-state index contributed by atoms with van der Waals surface area (Å²) in [6.45, 7) is 8.29. The molecule has 96 valence electrons. The molecule has 0 aliphatic carbocycles. The van der Waals surface area contributed by atoms with E-state index in [0.29, 0.717) is 13.2 Å². The van der Waals surface area contributed by atoms with Crippen LogP contribution in [0.1, 0.15) is 25.8 Å². The van der Waals surface area contributed by atoms with Crippen molar-refractivity contribution in [3.63, 3.8) is 0 Å². The third-order valence-electron chi connectivity index (χ3n) is 2.47. The zero-order chi connectivity index (χ0) is 12.5. The molecule has 0 fully saturated rings. The molecule has 0 saturated heterocycles. The molecule has 0 atom stereocenters. The molecule has 0 heterocycles. The maximum Gasteiger partial charge on any atom is 0.159 e. The van der Waals surface area contributed by atoms with Gasteiger partial charge >= 0.3 is 0 Å². The zero-order valence-corrected chi connectivity index (χ0v) is 11.0. The number of hydrogen-bond donors (Lipinski definition) is 1. The third kappa shape index (κ3) is 5.71. The summed E-state index contributed by atoms with van der Waals surface area (Å²) in [5.74, 6) is 0. The van der Waals surface area contributed by atoms with Crippen molar-refractivity contribution in [1.29, 1.82) is 0 Å². The maximum atomic E-state index is 5.48. The summed E-state index contributed by atoms with van der Waals surface area (Å²) >= 11 is 0. The van der Waals surface area contributed by atoms with Gasteiger partial charge in [0.05, 0.1) is 0 Å². The van der Waals surface area contributed by atoms with Crippen LogP contribution in [-0.2, 0) is 9.47 Å². The molecule has 0 amide bonds. The number of benzene rings is 1. The van der Waals surface area contributed by atoms with E-state index in [-0.39, 0.29) is 6.29 Å². The number of hydrogen-bond acceptors (Lipinski definition) is 3. The predicted octanol–water partition coefficient (Wildman–Crippen LogP) is 3.20. The van der Waals surface area contributed by atoms with Crippen molar-refractivity contribution in [2.24, 2.45) is 0 Å². The number of rotatable bonds is 8. The lowest BCUT2D eigenvalue weighted by atomic mass is 10.2. The van der Waals surface area contributed by atoms with Crippen LogP contribution in [-0.4, -0.2) is 26.0 Å². The van der Waals surface area contributed by atoms with Crippen molar-refractivity contribution in [3.8, 4) is 0 Å². The van der Waals surface area contributed by atoms with Crippen molar-refractivity contribution >= 4 is 5.69 Å². The highest BCUT2D eigenvalue weighted by Crippen LogP contribution is 2.09. The predicted molar refractivity (Wildman–Crippen MR) is 71.3 cm³/mol. The summed E-state index contributed by atoms with van der Waals surface area (Å²) in [6, 6.07) is 8.38. The average molecular weight is 237 g/mol. The van der Waals surface area contributed by atoms with Crippen molar-refractivity contribution in [1.82, 2.24) is 0 Å². The molecule has 1 N–H and O–H groups in total. The van der Waals surface area contributed by atoms with Crippen LogP contribution in [0, 0.1) is 6.92 Å². The zero-order valence-electron chi connectivity index (χ0n) is 11.0. The fourth-order valence-electron chi connectivity index (χ4n) is 1.59. The normalized spacial score (nSPS) is 10.8. The van der Waals surface area contributed by atoms with Gasteiger partial charge in [0.2, 0.25) is 0 Å². The Morgan fingerprint density at radius 3 is 2.18 bits per heavy atom. The minimum atomic E-state index is -0.0945. The Morgan fingerprint density at radius 2 is 1.65 bits per heavy atom. The Labute approximate surface area is 104 Å². The van der Waals surface area contributed by atoms with Gasteiger partial charge in [0.15, 0.2) is 6.29 Å². The van der Waals surface area contributed by atoms with Gasteiger partial charge in [-0.25, -0.2) is 0 Å². The first-order chi connectivity index (χ1) is 8.26. The standard InChI is InChI=1S/C14H23NO2/c1-4-16-14(17-5-2)10-11-15-13-8-6-12(3)7-9-13/h6-9,14-15H,4-5,10-11H2,1-3H3. The van der Waals surface area contributed by atoms with Crippen LogP contribution >= 0.6 is 0 Å². The molecule has 0 unspecified atom stereocenters. The Bertz CT molecular complexity index is 292. The fourth-order valence-corrected chi connectivity index (χ4v) is 1.59. The van der Waals surface area contributed by atoms with Crippen molar-refractivity contribution in [3.05, 3.63) is 29.8 Å². The van der Waals surface area contributed by atoms with Gasteiger partial charge in [-0.1, -0.05) is 17.7 Å². The molecule has 0 bridgehead atoms. The maximum absolute atomic E-state index is 5.48. The molecular weight excluding hydrogens is 214 g/mol. The van der Waals surface area contributed by atoms with Crippen LogP contribution in [0.15, 0.2) is 24.3 Å². The lowest BCUT2D eigenvalue weighted by Crippen LogP contribution is -2.21. The van der Waals surface area contributed by atoms with Crippen LogP contribution < -0.4 is 5.32 Å². The summed E-state index contributed by atoms with van der Waals surface area (Å²) in [7, 11) is 0. The average Bonchev–Trinajstić information content (AvgIpc) is 2.32. The molecule has 0 spiro atoms. The van der Waals surface area contributed by atoms with E-state index in [1.807, 2.05) is 13.8 Å². The minimum absolute atomic E-state index is 0.0945. The van der Waals surface area contributed by atoms with Crippen molar-refractivity contribution < 1.29 is 9.47 Å². The minimum Gasteiger partial charge on any atom is -0.385 e. The summed E-state index contributed by atoms with van der Waals surface area (Å²) in [5, 5.41) is 3.36. The third-order valence-corrected chi connectivity index (χ3v) is 2.47. The number of ether oxygens (including phenoxy) is 2. The molecule has 0 radical (unpaired) electrons. The smallest absolute Gasteiger partial charge is 0.159 e. The highest BCUT2D eigenvalue weighted by molar-refractivity contribution is 5.44. The molecular formula is C14H23NO2. The van der Waals surface area contributed by atoms with Gasteiger partial charge in [-0.05, 0) is 32.9 Å². The van der Waals surface area contributed by atoms with Gasteiger partial charge in [0.25, 0.3) is 0 Å². The molecule has 0 saturated carbocycles. The van der Waals surface area contributed by atoms with Gasteiger partial charge in [0.1, 0.15) is 0 Å². The Hall–Kier alpha value is -1.06. The monoisotopic (exact) mass is 237 g/mol. The van der Waals surface area contributed by atoms with Crippen LogP contribution in [0.4, 0.5) is 5.69 Å². The first-order valence-electron chi connectivity index (χ1n) is 6.30. The second kappa shape index (κ2) is 8.09. The Kier molecular flexibility index (Phi) is 6.67. The van der Waals surface area contributed by atoms with Gasteiger partial charge in [-0.3, -0.25) is 0 Å². The topological polar surface area (TPSA) is 30.5 Å². The summed E-state index contributed by atoms with van der Waals surface area (Å²) in [5.41, 5.74) is 2.42. The molecule has 0 aliphatic heterocycles. The summed E-state index contributed by atoms with van der Waals surface area (Å²) in [6.07, 6.45) is 0.762. The second-order valence-electron chi connectivity index (χ2n) is 3.92. The van der Waals surface area contributed by atoms with E-state index in [0.717, 1.165) is 18.7 Å². The molecule has 0 aliphatic rings. The lowest BCUT2D eigenvalue weighted by Gasteiger charge is -2.17. The lowest BCUT2D eigenvalue weighted by molar-refractivity contribution is -0.137. The van der Waals surface area contributed by atoms with Gasteiger partial charge in [-0.2, -0.15) is 0 Å². The second-order valence-corrected chi connectivity index (χ2v) is 3.92. The molecule has 1 rings (SSSR count). The van der Waals surface area contributed by atoms with Crippen LogP contribution in [0.2, 0.25) is 0 Å². The van der Waals surface area contributed by atoms with Gasteiger partial charge in [0, 0.05) is 31.9 Å². The Morgan fingerprint density at radius 1 is 1.06 bits per heavy atom. The van der Waals surface area contributed by atoms with E-state index in [4.69, 9.17) is 9.47 Å². The quantitative estimate of drug-likeness (QED) is 0.704. The van der Waals surface area contributed by atoms with E-state index in [1.165, 1.54) is 5.56 Å². The van der Waals surface area contributed by atoms with Gasteiger partial charge in [-0.15, -0.1) is 0 Å². The number of anilines is 1. The molecule has 1 aromatic carbocycles. The van der Waals surface area contributed by atoms with E-state index in [1.54, 1.807) is 0 Å². The highest BCUT2D eigenvalue weighted by atomic mass is 16.7. The largest absolute Gasteiger partial charge is 0.385 e. The SMILES string of the molecule is CCOC(CCNc1ccc(C)cc1)OCC. The summed E-state index contributed by atoms with van der Waals surface area (Å²) < 4.78 is 11.0. The molecule has 17 heavy (non-hydrogen) atoms. The van der Waals surface area contributed by atoms with E-state index in [2.05, 4.69) is 36.5 Å². The van der Waals surface area contributed by atoms with Crippen LogP contribution in [0.5, 0.6) is 0 Å². The highest BCUT2D eigenvalue weighted by Gasteiger charge is 2.06.